The van der Waals surface area contributed by atoms with Crippen molar-refractivity contribution in [2.75, 3.05) is 0 Å². The molecular formula is C16H28. The summed E-state index contributed by atoms with van der Waals surface area (Å²) in [6.45, 7) is 2.28. The van der Waals surface area contributed by atoms with Crippen LogP contribution < -0.4 is 0 Å². The van der Waals surface area contributed by atoms with Gasteiger partial charge in [0.25, 0.3) is 0 Å². The lowest BCUT2D eigenvalue weighted by Crippen LogP contribution is -1.88. The van der Waals surface area contributed by atoms with E-state index in [4.69, 9.17) is 0 Å². The number of hydrogen-bond donors (Lipinski definition) is 0. The van der Waals surface area contributed by atoms with Crippen LogP contribution in [0.3, 0.4) is 0 Å². The Morgan fingerprint density at radius 1 is 0.875 bits per heavy atom. The average Bonchev–Trinajstić information content (AvgIpc) is 2.34. The number of allylic oxidation sites excluding steroid dienone is 4. The standard InChI is InChI=1S/C16H28/c1-2-3-4-5-6-7-8-10-13-16-14-11-9-12-15-16/h9,11,15H,2-8,10,12-14H2,1H3. The summed E-state index contributed by atoms with van der Waals surface area (Å²) >= 11 is 0. The van der Waals surface area contributed by atoms with Crippen LogP contribution in [0.15, 0.2) is 23.8 Å². The van der Waals surface area contributed by atoms with Gasteiger partial charge in [-0.25, -0.2) is 0 Å². The van der Waals surface area contributed by atoms with E-state index in [-0.39, 0.29) is 0 Å². The van der Waals surface area contributed by atoms with E-state index in [1.807, 2.05) is 0 Å². The Hall–Kier alpha value is -0.520. The molecule has 1 aliphatic carbocycles. The third kappa shape index (κ3) is 6.87. The van der Waals surface area contributed by atoms with E-state index in [0.717, 1.165) is 0 Å². The number of rotatable bonds is 9. The van der Waals surface area contributed by atoms with Crippen LogP contribution in [-0.4, -0.2) is 0 Å². The summed E-state index contributed by atoms with van der Waals surface area (Å²) in [6.07, 6.45) is 22.2. The fourth-order valence-electron chi connectivity index (χ4n) is 2.34. The van der Waals surface area contributed by atoms with Crippen molar-refractivity contribution in [3.05, 3.63) is 23.8 Å². The highest BCUT2D eigenvalue weighted by atomic mass is 14.0. The van der Waals surface area contributed by atoms with Gasteiger partial charge in [-0.2, -0.15) is 0 Å². The molecule has 0 nitrogen and oxygen atoms in total. The summed E-state index contributed by atoms with van der Waals surface area (Å²) < 4.78 is 0. The van der Waals surface area contributed by atoms with E-state index in [1.54, 1.807) is 5.57 Å². The molecule has 0 aromatic heterocycles. The van der Waals surface area contributed by atoms with Gasteiger partial charge in [-0.1, -0.05) is 75.7 Å². The minimum atomic E-state index is 1.17. The van der Waals surface area contributed by atoms with Crippen LogP contribution in [0.4, 0.5) is 0 Å². The van der Waals surface area contributed by atoms with Crippen molar-refractivity contribution in [3.63, 3.8) is 0 Å². The van der Waals surface area contributed by atoms with E-state index in [0.29, 0.717) is 0 Å². The molecule has 0 fully saturated rings. The Morgan fingerprint density at radius 2 is 1.56 bits per heavy atom. The molecule has 0 aromatic carbocycles. The first-order valence-corrected chi connectivity index (χ1v) is 7.26. The minimum absolute atomic E-state index is 1.17. The Labute approximate surface area is 102 Å². The van der Waals surface area contributed by atoms with Crippen LogP contribution in [0.25, 0.3) is 0 Å². The molecule has 0 saturated carbocycles. The Bertz CT molecular complexity index is 210. The zero-order chi connectivity index (χ0) is 11.5. The number of hydrogen-bond acceptors (Lipinski definition) is 0. The maximum Gasteiger partial charge on any atom is -0.0139 e. The molecule has 16 heavy (non-hydrogen) atoms. The molecule has 0 atom stereocenters. The highest BCUT2D eigenvalue weighted by Gasteiger charge is 1.98. The molecule has 0 radical (unpaired) electrons. The van der Waals surface area contributed by atoms with Crippen LogP contribution in [0, 0.1) is 0 Å². The van der Waals surface area contributed by atoms with Crippen molar-refractivity contribution in [2.24, 2.45) is 0 Å². The van der Waals surface area contributed by atoms with E-state index < -0.39 is 0 Å². The molecule has 1 rings (SSSR count). The quantitative estimate of drug-likeness (QED) is 0.340. The van der Waals surface area contributed by atoms with Crippen molar-refractivity contribution >= 4 is 0 Å². The van der Waals surface area contributed by atoms with Gasteiger partial charge < -0.3 is 0 Å². The minimum Gasteiger partial charge on any atom is -0.0844 e. The molecule has 0 bridgehead atoms. The Morgan fingerprint density at radius 3 is 2.19 bits per heavy atom. The van der Waals surface area contributed by atoms with Gasteiger partial charge in [0.15, 0.2) is 0 Å². The zero-order valence-electron chi connectivity index (χ0n) is 11.0. The molecular weight excluding hydrogens is 192 g/mol. The van der Waals surface area contributed by atoms with Crippen LogP contribution in [0.1, 0.15) is 77.6 Å². The largest absolute Gasteiger partial charge is 0.0844 e. The first-order chi connectivity index (χ1) is 7.93. The fourth-order valence-corrected chi connectivity index (χ4v) is 2.34. The predicted octanol–water partition coefficient (Wildman–Crippen LogP) is 5.79. The van der Waals surface area contributed by atoms with Gasteiger partial charge in [-0.05, 0) is 25.7 Å². The summed E-state index contributed by atoms with van der Waals surface area (Å²) in [4.78, 5) is 0. The van der Waals surface area contributed by atoms with Gasteiger partial charge in [-0.3, -0.25) is 0 Å². The smallest absolute Gasteiger partial charge is 0.0139 e. The summed E-state index contributed by atoms with van der Waals surface area (Å²) in [5.41, 5.74) is 1.67. The molecule has 0 N–H and O–H groups in total. The fraction of sp³-hybridized carbons (Fsp3) is 0.750. The van der Waals surface area contributed by atoms with Crippen molar-refractivity contribution < 1.29 is 0 Å². The van der Waals surface area contributed by atoms with Gasteiger partial charge >= 0.3 is 0 Å². The van der Waals surface area contributed by atoms with Crippen molar-refractivity contribution in [1.82, 2.24) is 0 Å². The van der Waals surface area contributed by atoms with Gasteiger partial charge in [0.2, 0.25) is 0 Å². The van der Waals surface area contributed by atoms with Crippen LogP contribution in [0.5, 0.6) is 0 Å². The third-order valence-electron chi connectivity index (χ3n) is 3.44. The summed E-state index contributed by atoms with van der Waals surface area (Å²) in [6, 6.07) is 0. The lowest BCUT2D eigenvalue weighted by molar-refractivity contribution is 0.573. The van der Waals surface area contributed by atoms with Crippen molar-refractivity contribution in [2.45, 2.75) is 77.6 Å². The van der Waals surface area contributed by atoms with Gasteiger partial charge in [0.1, 0.15) is 0 Å². The van der Waals surface area contributed by atoms with Crippen LogP contribution in [-0.2, 0) is 0 Å². The molecule has 0 aromatic rings. The zero-order valence-corrected chi connectivity index (χ0v) is 11.0. The maximum atomic E-state index is 2.42. The SMILES string of the molecule is CCCCCCCCCCC1=CCC=CC1. The van der Waals surface area contributed by atoms with Crippen LogP contribution in [0.2, 0.25) is 0 Å². The molecule has 0 heterocycles. The second-order valence-corrected chi connectivity index (χ2v) is 5.00. The van der Waals surface area contributed by atoms with E-state index in [1.165, 1.54) is 70.6 Å². The lowest BCUT2D eigenvalue weighted by atomic mass is 9.99. The Balaban J connectivity index is 1.83. The van der Waals surface area contributed by atoms with Crippen LogP contribution >= 0.6 is 0 Å². The predicted molar refractivity (Wildman–Crippen MR) is 73.7 cm³/mol. The molecule has 1 aliphatic rings. The van der Waals surface area contributed by atoms with Crippen molar-refractivity contribution in [3.8, 4) is 0 Å². The highest BCUT2D eigenvalue weighted by Crippen LogP contribution is 2.18. The summed E-state index contributed by atoms with van der Waals surface area (Å²) in [7, 11) is 0. The lowest BCUT2D eigenvalue weighted by Gasteiger charge is -2.08. The average molecular weight is 220 g/mol. The molecule has 0 amide bonds. The molecule has 0 saturated heterocycles. The second kappa shape index (κ2) is 9.69. The monoisotopic (exact) mass is 220 g/mol. The topological polar surface area (TPSA) is 0 Å². The Kier molecular flexibility index (Phi) is 8.20. The first kappa shape index (κ1) is 13.5. The second-order valence-electron chi connectivity index (χ2n) is 5.00. The molecule has 0 spiro atoms. The van der Waals surface area contributed by atoms with E-state index >= 15 is 0 Å². The number of unbranched alkanes of at least 4 members (excludes halogenated alkanes) is 7. The highest BCUT2D eigenvalue weighted by molar-refractivity contribution is 5.14. The van der Waals surface area contributed by atoms with Gasteiger partial charge in [0, 0.05) is 0 Å². The normalized spacial score (nSPS) is 15.2. The first-order valence-electron chi connectivity index (χ1n) is 7.26. The maximum absolute atomic E-state index is 2.42. The van der Waals surface area contributed by atoms with Crippen molar-refractivity contribution in [1.29, 1.82) is 0 Å². The molecule has 92 valence electrons. The van der Waals surface area contributed by atoms with Gasteiger partial charge in [0.05, 0.1) is 0 Å². The molecule has 0 unspecified atom stereocenters. The van der Waals surface area contributed by atoms with E-state index in [2.05, 4.69) is 25.2 Å². The third-order valence-corrected chi connectivity index (χ3v) is 3.44. The molecule has 0 aliphatic heterocycles. The van der Waals surface area contributed by atoms with E-state index in [9.17, 15) is 0 Å². The summed E-state index contributed by atoms with van der Waals surface area (Å²) in [5, 5.41) is 0. The van der Waals surface area contributed by atoms with Gasteiger partial charge in [-0.15, -0.1) is 0 Å². The summed E-state index contributed by atoms with van der Waals surface area (Å²) in [5.74, 6) is 0. The molecule has 0 heteroatoms.